The van der Waals surface area contributed by atoms with Crippen LogP contribution in [0.3, 0.4) is 0 Å². The average molecular weight is 289 g/mol. The van der Waals surface area contributed by atoms with E-state index in [0.717, 1.165) is 6.07 Å². The highest BCUT2D eigenvalue weighted by molar-refractivity contribution is 5.39. The summed E-state index contributed by atoms with van der Waals surface area (Å²) in [5.74, 6) is 5.17. The minimum absolute atomic E-state index is 0.0502. The minimum Gasteiger partial charge on any atom is -0.424 e. The highest BCUT2D eigenvalue weighted by Gasteiger charge is 2.11. The molecule has 0 fully saturated rings. The van der Waals surface area contributed by atoms with Crippen molar-refractivity contribution in [1.29, 1.82) is 5.26 Å². The Morgan fingerprint density at radius 2 is 2.10 bits per heavy atom. The second-order valence-corrected chi connectivity index (χ2v) is 4.14. The molecule has 3 N–H and O–H groups in total. The molecule has 1 aromatic carbocycles. The van der Waals surface area contributed by atoms with Crippen LogP contribution in [0.1, 0.15) is 5.56 Å². The van der Waals surface area contributed by atoms with Crippen LogP contribution in [0, 0.1) is 17.1 Å². The number of aromatic nitrogens is 3. The Bertz CT molecular complexity index is 698. The van der Waals surface area contributed by atoms with Crippen molar-refractivity contribution < 1.29 is 9.13 Å². The van der Waals surface area contributed by atoms with Crippen molar-refractivity contribution >= 4 is 11.9 Å². The number of hydrogen-bond donors (Lipinski definition) is 2. The Morgan fingerprint density at radius 3 is 2.67 bits per heavy atom. The van der Waals surface area contributed by atoms with Crippen LogP contribution in [0.4, 0.5) is 16.3 Å². The van der Waals surface area contributed by atoms with Crippen molar-refractivity contribution in [3.63, 3.8) is 0 Å². The number of nitrogens with one attached hydrogen (secondary N) is 1. The lowest BCUT2D eigenvalue weighted by Crippen LogP contribution is -2.17. The van der Waals surface area contributed by atoms with Crippen molar-refractivity contribution in [3.05, 3.63) is 29.6 Å². The SMILES string of the molecule is CN(C)c1nc(NN)nc(Oc2ccc(C#N)c(F)c2)n1. The Kier molecular flexibility index (Phi) is 4.10. The van der Waals surface area contributed by atoms with Crippen LogP contribution in [0.5, 0.6) is 11.8 Å². The van der Waals surface area contributed by atoms with Gasteiger partial charge >= 0.3 is 6.01 Å². The molecule has 0 aliphatic carbocycles. The molecule has 0 amide bonds. The van der Waals surface area contributed by atoms with Crippen LogP contribution in [-0.2, 0) is 0 Å². The number of nitrogens with zero attached hydrogens (tertiary/aromatic N) is 5. The lowest BCUT2D eigenvalue weighted by Gasteiger charge is -2.12. The number of hydrogen-bond acceptors (Lipinski definition) is 8. The largest absolute Gasteiger partial charge is 0.424 e. The molecular formula is C12H12FN7O. The molecule has 0 bridgehead atoms. The number of halogens is 1. The summed E-state index contributed by atoms with van der Waals surface area (Å²) in [6, 6.07) is 5.50. The van der Waals surface area contributed by atoms with Gasteiger partial charge in [0.2, 0.25) is 11.9 Å². The first-order valence-electron chi connectivity index (χ1n) is 5.81. The maximum absolute atomic E-state index is 13.5. The zero-order valence-corrected chi connectivity index (χ0v) is 11.3. The monoisotopic (exact) mass is 289 g/mol. The Hall–Kier alpha value is -2.99. The maximum atomic E-state index is 13.5. The van der Waals surface area contributed by atoms with E-state index in [4.69, 9.17) is 15.8 Å². The third kappa shape index (κ3) is 3.31. The molecule has 9 heteroatoms. The van der Waals surface area contributed by atoms with Gasteiger partial charge in [-0.15, -0.1) is 0 Å². The van der Waals surface area contributed by atoms with E-state index in [0.29, 0.717) is 5.95 Å². The normalized spacial score (nSPS) is 9.86. The number of anilines is 2. The first-order valence-corrected chi connectivity index (χ1v) is 5.81. The molecule has 0 saturated carbocycles. The van der Waals surface area contributed by atoms with Crippen LogP contribution in [0.25, 0.3) is 0 Å². The van der Waals surface area contributed by atoms with Crippen LogP contribution >= 0.6 is 0 Å². The summed E-state index contributed by atoms with van der Waals surface area (Å²) in [4.78, 5) is 13.6. The van der Waals surface area contributed by atoms with Gasteiger partial charge in [-0.3, -0.25) is 5.43 Å². The van der Waals surface area contributed by atoms with Crippen molar-refractivity contribution in [1.82, 2.24) is 15.0 Å². The second-order valence-electron chi connectivity index (χ2n) is 4.14. The summed E-state index contributed by atoms with van der Waals surface area (Å²) < 4.78 is 18.9. The molecule has 0 saturated heterocycles. The number of nitriles is 1. The molecule has 2 aromatic rings. The molecule has 21 heavy (non-hydrogen) atoms. The number of nitrogen functional groups attached to an aromatic ring is 1. The van der Waals surface area contributed by atoms with Gasteiger partial charge in [-0.1, -0.05) is 0 Å². The summed E-state index contributed by atoms with van der Waals surface area (Å²) in [5, 5.41) is 8.67. The number of rotatable bonds is 4. The van der Waals surface area contributed by atoms with E-state index in [1.165, 1.54) is 12.1 Å². The van der Waals surface area contributed by atoms with Crippen LogP contribution in [-0.4, -0.2) is 29.0 Å². The van der Waals surface area contributed by atoms with E-state index >= 15 is 0 Å². The van der Waals surface area contributed by atoms with Crippen molar-refractivity contribution in [3.8, 4) is 17.8 Å². The minimum atomic E-state index is -0.686. The lowest BCUT2D eigenvalue weighted by molar-refractivity contribution is 0.436. The van der Waals surface area contributed by atoms with E-state index in [9.17, 15) is 4.39 Å². The third-order valence-electron chi connectivity index (χ3n) is 2.40. The summed E-state index contributed by atoms with van der Waals surface area (Å²) in [5.41, 5.74) is 2.22. The summed E-state index contributed by atoms with van der Waals surface area (Å²) in [6.45, 7) is 0. The van der Waals surface area contributed by atoms with Crippen LogP contribution in [0.15, 0.2) is 18.2 Å². The van der Waals surface area contributed by atoms with Gasteiger partial charge < -0.3 is 9.64 Å². The molecule has 1 heterocycles. The standard InChI is InChI=1S/C12H12FN7O/c1-20(2)11-16-10(19-15)17-12(18-11)21-8-4-3-7(6-14)9(13)5-8/h3-5H,15H2,1-2H3,(H,16,17,18,19). The van der Waals surface area contributed by atoms with Gasteiger partial charge in [0.25, 0.3) is 0 Å². The fraction of sp³-hybridized carbons (Fsp3) is 0.167. The second kappa shape index (κ2) is 5.98. The highest BCUT2D eigenvalue weighted by Crippen LogP contribution is 2.22. The number of nitrogens with two attached hydrogens (primary N) is 1. The molecule has 0 atom stereocenters. The van der Waals surface area contributed by atoms with E-state index < -0.39 is 5.82 Å². The van der Waals surface area contributed by atoms with Crippen molar-refractivity contribution in [2.75, 3.05) is 24.4 Å². The van der Waals surface area contributed by atoms with Gasteiger partial charge in [0.15, 0.2) is 0 Å². The van der Waals surface area contributed by atoms with Gasteiger partial charge in [-0.2, -0.15) is 20.2 Å². The Balaban J connectivity index is 2.33. The average Bonchev–Trinajstić information content (AvgIpc) is 2.47. The first kappa shape index (κ1) is 14.4. The molecule has 0 radical (unpaired) electrons. The third-order valence-corrected chi connectivity index (χ3v) is 2.40. The number of benzene rings is 1. The lowest BCUT2D eigenvalue weighted by atomic mass is 10.2. The topological polar surface area (TPSA) is 113 Å². The smallest absolute Gasteiger partial charge is 0.328 e. The Morgan fingerprint density at radius 1 is 1.33 bits per heavy atom. The van der Waals surface area contributed by atoms with Crippen molar-refractivity contribution in [2.45, 2.75) is 0 Å². The van der Waals surface area contributed by atoms with Gasteiger partial charge in [-0.25, -0.2) is 10.2 Å². The molecule has 8 nitrogen and oxygen atoms in total. The first-order chi connectivity index (χ1) is 10.0. The van der Waals surface area contributed by atoms with E-state index in [2.05, 4.69) is 20.4 Å². The fourth-order valence-corrected chi connectivity index (χ4v) is 1.41. The van der Waals surface area contributed by atoms with Gasteiger partial charge in [-0.05, 0) is 12.1 Å². The fourth-order valence-electron chi connectivity index (χ4n) is 1.41. The zero-order chi connectivity index (χ0) is 15.4. The summed E-state index contributed by atoms with van der Waals surface area (Å²) >= 11 is 0. The Labute approximate surface area is 120 Å². The quantitative estimate of drug-likeness (QED) is 0.633. The van der Waals surface area contributed by atoms with Gasteiger partial charge in [0.05, 0.1) is 5.56 Å². The van der Waals surface area contributed by atoms with E-state index in [1.807, 2.05) is 0 Å². The summed E-state index contributed by atoms with van der Waals surface area (Å²) in [6.07, 6.45) is 0. The zero-order valence-electron chi connectivity index (χ0n) is 11.3. The molecule has 0 aliphatic rings. The summed E-state index contributed by atoms with van der Waals surface area (Å²) in [7, 11) is 3.47. The molecule has 1 aromatic heterocycles. The molecule has 0 aliphatic heterocycles. The number of hydrazine groups is 1. The highest BCUT2D eigenvalue weighted by atomic mass is 19.1. The predicted molar refractivity (Wildman–Crippen MR) is 73.2 cm³/mol. The van der Waals surface area contributed by atoms with Gasteiger partial charge in [0, 0.05) is 20.2 Å². The van der Waals surface area contributed by atoms with Crippen molar-refractivity contribution in [2.24, 2.45) is 5.84 Å². The van der Waals surface area contributed by atoms with Gasteiger partial charge in [0.1, 0.15) is 17.6 Å². The van der Waals surface area contributed by atoms with E-state index in [1.54, 1.807) is 25.1 Å². The molecular weight excluding hydrogens is 277 g/mol. The maximum Gasteiger partial charge on any atom is 0.328 e. The molecule has 0 spiro atoms. The van der Waals surface area contributed by atoms with Crippen LogP contribution in [0.2, 0.25) is 0 Å². The van der Waals surface area contributed by atoms with E-state index in [-0.39, 0.29) is 23.3 Å². The molecule has 108 valence electrons. The molecule has 2 rings (SSSR count). The number of ether oxygens (including phenoxy) is 1. The van der Waals surface area contributed by atoms with Crippen LogP contribution < -0.4 is 20.9 Å². The molecule has 0 unspecified atom stereocenters. The predicted octanol–water partition coefficient (Wildman–Crippen LogP) is 1.03.